The minimum Gasteiger partial charge on any atom is -0.550 e. The molecule has 0 radical (unpaired) electrons. The molecule has 0 saturated heterocycles. The summed E-state index contributed by atoms with van der Waals surface area (Å²) in [6.07, 6.45) is 8.30. The number of aliphatic imine (C=N–C) groups is 1. The van der Waals surface area contributed by atoms with Gasteiger partial charge in [-0.25, -0.2) is 4.99 Å². The first-order valence-corrected chi connectivity index (χ1v) is 13.7. The Hall–Kier alpha value is -5.25. The van der Waals surface area contributed by atoms with E-state index in [1.165, 1.54) is 6.08 Å². The predicted molar refractivity (Wildman–Crippen MR) is 159 cm³/mol. The highest BCUT2D eigenvalue weighted by Gasteiger charge is 2.23. The number of carbonyl (C=O) groups is 4. The summed E-state index contributed by atoms with van der Waals surface area (Å²) in [6, 6.07) is 0. The molecule has 4 heterocycles. The van der Waals surface area contributed by atoms with Gasteiger partial charge >= 0.3 is 0 Å². The fraction of sp³-hybridized carbons (Fsp3) is 0.242. The van der Waals surface area contributed by atoms with E-state index in [2.05, 4.69) is 33.4 Å². The highest BCUT2D eigenvalue weighted by atomic mass is 16.4. The van der Waals surface area contributed by atoms with Crippen LogP contribution in [0.5, 0.6) is 0 Å². The van der Waals surface area contributed by atoms with Crippen LogP contribution < -0.4 is 26.2 Å². The van der Waals surface area contributed by atoms with Crippen molar-refractivity contribution < 1.29 is 29.4 Å². The Kier molecular flexibility index (Phi) is 8.80. The van der Waals surface area contributed by atoms with Gasteiger partial charge in [-0.05, 0) is 99.4 Å². The fourth-order valence-corrected chi connectivity index (χ4v) is 5.33. The molecular formula is C33H32N4O6-2. The first-order valence-electron chi connectivity index (χ1n) is 13.7. The molecule has 2 aromatic rings. The van der Waals surface area contributed by atoms with Crippen molar-refractivity contribution in [1.82, 2.24) is 15.3 Å². The molecule has 10 heteroatoms. The number of hydrogen-bond acceptors (Lipinski definition) is 6. The van der Waals surface area contributed by atoms with Crippen molar-refractivity contribution in [2.45, 2.75) is 53.4 Å². The van der Waals surface area contributed by atoms with Crippen LogP contribution in [0, 0.1) is 13.8 Å². The quantitative estimate of drug-likeness (QED) is 0.347. The summed E-state index contributed by atoms with van der Waals surface area (Å²) in [4.78, 5) is 58.1. The summed E-state index contributed by atoms with van der Waals surface area (Å²) >= 11 is 0. The van der Waals surface area contributed by atoms with E-state index in [-0.39, 0.29) is 37.5 Å². The van der Waals surface area contributed by atoms with Gasteiger partial charge in [0.05, 0.1) is 11.4 Å². The third-order valence-electron chi connectivity index (χ3n) is 7.85. The number of carboxylic acids is 2. The number of carbonyl (C=O) groups excluding carboxylic acids is 4. The molecule has 2 aromatic heterocycles. The number of hydrogen-bond donors (Lipinski definition) is 3. The van der Waals surface area contributed by atoms with Crippen molar-refractivity contribution in [3.63, 3.8) is 0 Å². The van der Waals surface area contributed by atoms with Gasteiger partial charge in [-0.3, -0.25) is 9.59 Å². The number of nitrogens with zero attached hydrogens (tertiary/aromatic N) is 1. The zero-order valence-electron chi connectivity index (χ0n) is 24.5. The Balaban J connectivity index is 1.92. The van der Waals surface area contributed by atoms with Crippen LogP contribution in [-0.4, -0.2) is 39.4 Å². The van der Waals surface area contributed by atoms with Crippen LogP contribution in [0.15, 0.2) is 58.3 Å². The number of nitrogens with one attached hydrogen (secondary N) is 3. The minimum absolute atomic E-state index is 0.173. The Morgan fingerprint density at radius 2 is 1.40 bits per heavy atom. The first-order chi connectivity index (χ1) is 20.4. The maximum atomic E-state index is 12.3. The van der Waals surface area contributed by atoms with Crippen molar-refractivity contribution in [2.24, 2.45) is 4.99 Å². The van der Waals surface area contributed by atoms with Crippen molar-refractivity contribution in [2.75, 3.05) is 0 Å². The lowest BCUT2D eigenvalue weighted by molar-refractivity contribution is -0.307. The third kappa shape index (κ3) is 6.18. The van der Waals surface area contributed by atoms with E-state index >= 15 is 0 Å². The van der Waals surface area contributed by atoms with Gasteiger partial charge < -0.3 is 35.1 Å². The SMILES string of the molecule is C=CC1=C(C)C(/C=c2\[nH]/c(=C\c3[nH]c(/C=C4\NC(=O)C(C)=C4C=C)c(C)c3CCC(=O)[O-])c(CCC(=O)[O-])c2C)=NC1=O. The van der Waals surface area contributed by atoms with E-state index in [4.69, 9.17) is 0 Å². The summed E-state index contributed by atoms with van der Waals surface area (Å²) in [5.41, 5.74) is 7.62. The molecule has 0 spiro atoms. The molecule has 2 aliphatic rings. The molecule has 222 valence electrons. The lowest BCUT2D eigenvalue weighted by atomic mass is 10.0. The maximum Gasteiger partial charge on any atom is 0.277 e. The van der Waals surface area contributed by atoms with E-state index in [9.17, 15) is 29.4 Å². The molecule has 10 nitrogen and oxygen atoms in total. The Morgan fingerprint density at radius 1 is 0.767 bits per heavy atom. The van der Waals surface area contributed by atoms with Gasteiger partial charge in [0.1, 0.15) is 0 Å². The second-order valence-electron chi connectivity index (χ2n) is 10.4. The average Bonchev–Trinajstić information content (AvgIpc) is 3.59. The summed E-state index contributed by atoms with van der Waals surface area (Å²) in [7, 11) is 0. The van der Waals surface area contributed by atoms with E-state index in [0.717, 1.165) is 22.3 Å². The van der Waals surface area contributed by atoms with Gasteiger partial charge in [0.15, 0.2) is 0 Å². The summed E-state index contributed by atoms with van der Waals surface area (Å²) < 4.78 is 0. The van der Waals surface area contributed by atoms with Gasteiger partial charge in [0.2, 0.25) is 0 Å². The average molecular weight is 581 g/mol. The van der Waals surface area contributed by atoms with Gasteiger partial charge in [-0.1, -0.05) is 25.3 Å². The number of rotatable bonds is 11. The van der Waals surface area contributed by atoms with Crippen LogP contribution in [0.25, 0.3) is 18.2 Å². The van der Waals surface area contributed by atoms with Crippen LogP contribution in [0.2, 0.25) is 0 Å². The lowest BCUT2D eigenvalue weighted by Gasteiger charge is -2.05. The smallest absolute Gasteiger partial charge is 0.277 e. The molecule has 0 aliphatic carbocycles. The summed E-state index contributed by atoms with van der Waals surface area (Å²) in [5, 5.41) is 26.8. The number of H-pyrrole nitrogens is 2. The fourth-order valence-electron chi connectivity index (χ4n) is 5.33. The second kappa shape index (κ2) is 12.3. The normalized spacial score (nSPS) is 16.9. The van der Waals surface area contributed by atoms with Crippen LogP contribution in [0.3, 0.4) is 0 Å². The van der Waals surface area contributed by atoms with E-state index in [0.29, 0.717) is 55.8 Å². The Morgan fingerprint density at radius 3 is 1.98 bits per heavy atom. The zero-order chi connectivity index (χ0) is 31.6. The van der Waals surface area contributed by atoms with Gasteiger partial charge in [-0.2, -0.15) is 0 Å². The number of aromatic nitrogens is 2. The van der Waals surface area contributed by atoms with Crippen molar-refractivity contribution in [3.05, 3.63) is 97.6 Å². The number of carboxylic acid groups (broad SMARTS) is 2. The van der Waals surface area contributed by atoms with Crippen LogP contribution >= 0.6 is 0 Å². The van der Waals surface area contributed by atoms with E-state index in [1.54, 1.807) is 38.2 Å². The number of amides is 2. The van der Waals surface area contributed by atoms with Crippen molar-refractivity contribution in [3.8, 4) is 0 Å². The maximum absolute atomic E-state index is 12.3. The highest BCUT2D eigenvalue weighted by Crippen LogP contribution is 2.27. The monoisotopic (exact) mass is 580 g/mol. The third-order valence-corrected chi connectivity index (χ3v) is 7.85. The van der Waals surface area contributed by atoms with E-state index < -0.39 is 11.9 Å². The minimum atomic E-state index is -1.20. The molecule has 0 aromatic carbocycles. The largest absolute Gasteiger partial charge is 0.550 e. The lowest BCUT2D eigenvalue weighted by Crippen LogP contribution is -2.23. The van der Waals surface area contributed by atoms with Crippen LogP contribution in [-0.2, 0) is 32.0 Å². The second-order valence-corrected chi connectivity index (χ2v) is 10.4. The molecule has 0 unspecified atom stereocenters. The molecular weight excluding hydrogens is 548 g/mol. The molecule has 3 N–H and O–H groups in total. The molecule has 0 atom stereocenters. The van der Waals surface area contributed by atoms with Gasteiger partial charge in [0, 0.05) is 50.7 Å². The highest BCUT2D eigenvalue weighted by molar-refractivity contribution is 6.31. The number of allylic oxidation sites excluding steroid dienone is 2. The molecule has 43 heavy (non-hydrogen) atoms. The molecule has 0 saturated carbocycles. The van der Waals surface area contributed by atoms with Crippen molar-refractivity contribution >= 4 is 47.7 Å². The standard InChI is InChI=1S/C33H34N4O6/c1-7-20-19(6)32(42)37-27(20)14-25-18(5)23(10-12-31(40)41)29(35-25)15-28-22(9-11-30(38)39)17(4)24(34-28)13-26-16(3)21(8-2)33(43)36-26/h7-8,13-15,34-35H,1-2,9-12H2,3-6H3,(H,37,42)(H,38,39)(H,40,41)/p-2/b24-13-,27-14-,28-15-. The van der Waals surface area contributed by atoms with Crippen LogP contribution in [0.4, 0.5) is 0 Å². The topological polar surface area (TPSA) is 170 Å². The Bertz CT molecular complexity index is 1860. The zero-order valence-corrected chi connectivity index (χ0v) is 24.5. The summed E-state index contributed by atoms with van der Waals surface area (Å²) in [5.74, 6) is -3.00. The van der Waals surface area contributed by atoms with Gasteiger partial charge in [-0.15, -0.1) is 0 Å². The molecule has 2 amide bonds. The molecule has 4 rings (SSSR count). The Labute approximate surface area is 248 Å². The van der Waals surface area contributed by atoms with Crippen molar-refractivity contribution in [1.29, 1.82) is 0 Å². The molecule has 0 fully saturated rings. The first kappa shape index (κ1) is 30.7. The number of aliphatic carboxylic acids is 2. The number of aromatic amines is 2. The molecule has 0 bridgehead atoms. The summed E-state index contributed by atoms with van der Waals surface area (Å²) in [6.45, 7) is 14.7. The predicted octanol–water partition coefficient (Wildman–Crippen LogP) is 0.391. The van der Waals surface area contributed by atoms with Gasteiger partial charge in [0.25, 0.3) is 11.8 Å². The van der Waals surface area contributed by atoms with E-state index in [1.807, 2.05) is 13.8 Å². The van der Waals surface area contributed by atoms with Crippen LogP contribution in [0.1, 0.15) is 60.3 Å². The molecule has 2 aliphatic heterocycles.